The molecule has 0 aromatic carbocycles. The van der Waals surface area contributed by atoms with E-state index >= 15 is 0 Å². The minimum Gasteiger partial charge on any atom is -0.393 e. The summed E-state index contributed by atoms with van der Waals surface area (Å²) in [6, 6.07) is 0. The molecule has 0 radical (unpaired) electrons. The fourth-order valence-corrected chi connectivity index (χ4v) is 2.69. The van der Waals surface area contributed by atoms with Gasteiger partial charge in [0.05, 0.1) is 6.10 Å². The normalized spacial score (nSPS) is 41.1. The van der Waals surface area contributed by atoms with Crippen molar-refractivity contribution in [3.05, 3.63) is 0 Å². The summed E-state index contributed by atoms with van der Waals surface area (Å²) in [5.41, 5.74) is 0. The number of hydrogen-bond donors (Lipinski definition) is 1. The van der Waals surface area contributed by atoms with E-state index in [0.29, 0.717) is 5.92 Å². The first kappa shape index (κ1) is 11.0. The lowest BCUT2D eigenvalue weighted by Gasteiger charge is -2.37. The third-order valence-electron chi connectivity index (χ3n) is 3.47. The Balaban J connectivity index is 2.50. The van der Waals surface area contributed by atoms with Crippen LogP contribution in [0.15, 0.2) is 0 Å². The van der Waals surface area contributed by atoms with Crippen LogP contribution in [0.5, 0.6) is 0 Å². The molecular formula is C12H24O. The van der Waals surface area contributed by atoms with Crippen molar-refractivity contribution in [2.75, 3.05) is 0 Å². The molecule has 1 aliphatic rings. The summed E-state index contributed by atoms with van der Waals surface area (Å²) in [4.78, 5) is 0. The fraction of sp³-hybridized carbons (Fsp3) is 1.00. The lowest BCUT2D eigenvalue weighted by molar-refractivity contribution is 0.0131. The fourth-order valence-electron chi connectivity index (χ4n) is 2.69. The highest BCUT2D eigenvalue weighted by Crippen LogP contribution is 2.37. The summed E-state index contributed by atoms with van der Waals surface area (Å²) in [7, 11) is 0. The summed E-state index contributed by atoms with van der Waals surface area (Å²) in [6.45, 7) is 9.03. The molecule has 1 rings (SSSR count). The highest BCUT2D eigenvalue weighted by Gasteiger charge is 2.32. The maximum absolute atomic E-state index is 9.83. The standard InChI is InChI=1S/C12H24O/c1-8(2)5-11-6-9(3)7-12(13)10(11)4/h8-13H,5-7H2,1-4H3. The highest BCUT2D eigenvalue weighted by atomic mass is 16.3. The minimum absolute atomic E-state index is 0.0486. The molecule has 0 bridgehead atoms. The lowest BCUT2D eigenvalue weighted by Crippen LogP contribution is -2.34. The van der Waals surface area contributed by atoms with Crippen molar-refractivity contribution in [3.8, 4) is 0 Å². The zero-order valence-electron chi connectivity index (χ0n) is 9.46. The van der Waals surface area contributed by atoms with E-state index in [4.69, 9.17) is 0 Å². The molecule has 1 N–H and O–H groups in total. The monoisotopic (exact) mass is 184 g/mol. The van der Waals surface area contributed by atoms with E-state index in [9.17, 15) is 5.11 Å². The topological polar surface area (TPSA) is 20.2 Å². The first-order valence-corrected chi connectivity index (χ1v) is 5.68. The Labute approximate surface area is 82.5 Å². The Morgan fingerprint density at radius 2 is 1.85 bits per heavy atom. The maximum atomic E-state index is 9.83. The van der Waals surface area contributed by atoms with E-state index in [1.54, 1.807) is 0 Å². The van der Waals surface area contributed by atoms with Crippen LogP contribution in [0.3, 0.4) is 0 Å². The van der Waals surface area contributed by atoms with Crippen LogP contribution in [-0.2, 0) is 0 Å². The van der Waals surface area contributed by atoms with Crippen LogP contribution in [-0.4, -0.2) is 11.2 Å². The van der Waals surface area contributed by atoms with Crippen molar-refractivity contribution in [1.82, 2.24) is 0 Å². The van der Waals surface area contributed by atoms with Crippen molar-refractivity contribution in [2.24, 2.45) is 23.7 Å². The van der Waals surface area contributed by atoms with Crippen LogP contribution in [0, 0.1) is 23.7 Å². The lowest BCUT2D eigenvalue weighted by atomic mass is 9.71. The van der Waals surface area contributed by atoms with Gasteiger partial charge in [-0.3, -0.25) is 0 Å². The predicted molar refractivity (Wildman–Crippen MR) is 56.5 cm³/mol. The summed E-state index contributed by atoms with van der Waals surface area (Å²) in [6.07, 6.45) is 3.56. The number of hydrogen-bond acceptors (Lipinski definition) is 1. The highest BCUT2D eigenvalue weighted by molar-refractivity contribution is 4.82. The molecule has 0 amide bonds. The molecule has 1 nitrogen and oxygen atoms in total. The third kappa shape index (κ3) is 2.98. The first-order valence-electron chi connectivity index (χ1n) is 5.68. The molecule has 1 fully saturated rings. The van der Waals surface area contributed by atoms with Crippen molar-refractivity contribution in [3.63, 3.8) is 0 Å². The van der Waals surface area contributed by atoms with Gasteiger partial charge in [-0.15, -0.1) is 0 Å². The van der Waals surface area contributed by atoms with Crippen molar-refractivity contribution >= 4 is 0 Å². The molecule has 13 heavy (non-hydrogen) atoms. The number of rotatable bonds is 2. The van der Waals surface area contributed by atoms with Gasteiger partial charge in [0, 0.05) is 0 Å². The van der Waals surface area contributed by atoms with Gasteiger partial charge in [0.25, 0.3) is 0 Å². The molecule has 1 saturated carbocycles. The molecule has 1 heteroatoms. The van der Waals surface area contributed by atoms with Crippen LogP contribution < -0.4 is 0 Å². The van der Waals surface area contributed by atoms with Gasteiger partial charge in [-0.25, -0.2) is 0 Å². The van der Waals surface area contributed by atoms with Crippen LogP contribution >= 0.6 is 0 Å². The SMILES string of the molecule is CC(C)CC1CC(C)CC(O)C1C. The van der Waals surface area contributed by atoms with Crippen LogP contribution in [0.1, 0.15) is 47.0 Å². The Morgan fingerprint density at radius 3 is 2.38 bits per heavy atom. The van der Waals surface area contributed by atoms with Gasteiger partial charge in [0.15, 0.2) is 0 Å². The summed E-state index contributed by atoms with van der Waals surface area (Å²) in [5, 5.41) is 9.83. The second-order valence-corrected chi connectivity index (χ2v) is 5.39. The number of aliphatic hydroxyl groups is 1. The van der Waals surface area contributed by atoms with Crippen LogP contribution in [0.25, 0.3) is 0 Å². The van der Waals surface area contributed by atoms with Gasteiger partial charge in [0.2, 0.25) is 0 Å². The zero-order valence-corrected chi connectivity index (χ0v) is 9.46. The average molecular weight is 184 g/mol. The quantitative estimate of drug-likeness (QED) is 0.699. The molecule has 0 spiro atoms. The molecule has 78 valence electrons. The average Bonchev–Trinajstić information content (AvgIpc) is 1.98. The first-order chi connectivity index (χ1) is 6.00. The van der Waals surface area contributed by atoms with E-state index in [1.165, 1.54) is 12.8 Å². The second kappa shape index (κ2) is 4.45. The van der Waals surface area contributed by atoms with Crippen LogP contribution in [0.2, 0.25) is 0 Å². The van der Waals surface area contributed by atoms with Gasteiger partial charge in [-0.2, -0.15) is 0 Å². The van der Waals surface area contributed by atoms with E-state index in [-0.39, 0.29) is 6.10 Å². The summed E-state index contributed by atoms with van der Waals surface area (Å²) < 4.78 is 0. The van der Waals surface area contributed by atoms with Crippen molar-refractivity contribution in [2.45, 2.75) is 53.1 Å². The van der Waals surface area contributed by atoms with E-state index in [1.807, 2.05) is 0 Å². The Hall–Kier alpha value is -0.0400. The Kier molecular flexibility index (Phi) is 3.78. The van der Waals surface area contributed by atoms with Gasteiger partial charge >= 0.3 is 0 Å². The molecule has 0 aromatic rings. The zero-order chi connectivity index (χ0) is 10.0. The molecule has 1 aliphatic carbocycles. The van der Waals surface area contributed by atoms with E-state index in [2.05, 4.69) is 27.7 Å². The Morgan fingerprint density at radius 1 is 1.23 bits per heavy atom. The maximum Gasteiger partial charge on any atom is 0.0571 e. The molecule has 4 unspecified atom stereocenters. The summed E-state index contributed by atoms with van der Waals surface area (Å²) >= 11 is 0. The van der Waals surface area contributed by atoms with Gasteiger partial charge in [-0.05, 0) is 42.9 Å². The van der Waals surface area contributed by atoms with E-state index in [0.717, 1.165) is 24.2 Å². The molecule has 4 atom stereocenters. The summed E-state index contributed by atoms with van der Waals surface area (Å²) in [5.74, 6) is 2.75. The largest absolute Gasteiger partial charge is 0.393 e. The van der Waals surface area contributed by atoms with Gasteiger partial charge in [-0.1, -0.05) is 27.7 Å². The van der Waals surface area contributed by atoms with Crippen molar-refractivity contribution < 1.29 is 5.11 Å². The molecule has 0 saturated heterocycles. The van der Waals surface area contributed by atoms with Crippen LogP contribution in [0.4, 0.5) is 0 Å². The molecule has 0 aliphatic heterocycles. The minimum atomic E-state index is -0.0486. The van der Waals surface area contributed by atoms with Gasteiger partial charge in [0.1, 0.15) is 0 Å². The molecule has 0 aromatic heterocycles. The van der Waals surface area contributed by atoms with Gasteiger partial charge < -0.3 is 5.11 Å². The third-order valence-corrected chi connectivity index (χ3v) is 3.47. The van der Waals surface area contributed by atoms with Crippen molar-refractivity contribution in [1.29, 1.82) is 0 Å². The smallest absolute Gasteiger partial charge is 0.0571 e. The molecule has 0 heterocycles. The number of aliphatic hydroxyl groups excluding tert-OH is 1. The molecular weight excluding hydrogens is 160 g/mol. The predicted octanol–water partition coefficient (Wildman–Crippen LogP) is 3.08. The Bertz CT molecular complexity index is 151. The van der Waals surface area contributed by atoms with E-state index < -0.39 is 0 Å². The second-order valence-electron chi connectivity index (χ2n) is 5.39.